The lowest BCUT2D eigenvalue weighted by Gasteiger charge is -2.07. The van der Waals surface area contributed by atoms with Crippen LogP contribution in [0.1, 0.15) is 10.4 Å². The first kappa shape index (κ1) is 23.7. The van der Waals surface area contributed by atoms with E-state index in [1.165, 1.54) is 18.2 Å². The van der Waals surface area contributed by atoms with E-state index in [9.17, 15) is 22.4 Å². The molecule has 0 bridgehead atoms. The molecule has 0 saturated carbocycles. The molecule has 2 N–H and O–H groups in total. The Morgan fingerprint density at radius 3 is 2.71 bits per heavy atom. The Balaban J connectivity index is 1.49. The van der Waals surface area contributed by atoms with Gasteiger partial charge in [0.1, 0.15) is 12.4 Å². The number of fused-ring (bicyclic) bond motifs is 2. The smallest absolute Gasteiger partial charge is 0.406 e. The highest BCUT2D eigenvalue weighted by Gasteiger charge is 2.31. The van der Waals surface area contributed by atoms with Crippen LogP contribution < -0.4 is 15.4 Å². The lowest BCUT2D eigenvalue weighted by Crippen LogP contribution is -2.27. The third-order valence-corrected chi connectivity index (χ3v) is 5.64. The van der Waals surface area contributed by atoms with Gasteiger partial charge in [-0.25, -0.2) is 14.4 Å². The zero-order valence-electron chi connectivity index (χ0n) is 17.8. The van der Waals surface area contributed by atoms with Crippen molar-refractivity contribution in [2.45, 2.75) is 6.36 Å². The second-order valence-corrected chi connectivity index (χ2v) is 8.11. The summed E-state index contributed by atoms with van der Waals surface area (Å²) in [6.45, 7) is -0.130. The van der Waals surface area contributed by atoms with Gasteiger partial charge in [0.05, 0.1) is 34.5 Å². The summed E-state index contributed by atoms with van der Waals surface area (Å²) in [5.41, 5.74) is 2.23. The number of nitrogens with one attached hydrogen (secondary N) is 2. The molecule has 180 valence electrons. The van der Waals surface area contributed by atoms with Crippen molar-refractivity contribution in [3.63, 3.8) is 0 Å². The van der Waals surface area contributed by atoms with E-state index in [-0.39, 0.29) is 31.4 Å². The van der Waals surface area contributed by atoms with Gasteiger partial charge in [-0.2, -0.15) is 0 Å². The highest BCUT2D eigenvalue weighted by Crippen LogP contribution is 2.33. The molecule has 34 heavy (non-hydrogen) atoms. The van der Waals surface area contributed by atoms with Gasteiger partial charge in [-0.15, -0.1) is 13.2 Å². The zero-order chi connectivity index (χ0) is 24.3. The Bertz CT molecular complexity index is 1320. The molecule has 0 radical (unpaired) electrons. The van der Waals surface area contributed by atoms with E-state index < -0.39 is 13.0 Å². The quantitative estimate of drug-likeness (QED) is 0.261. The van der Waals surface area contributed by atoms with Crippen LogP contribution in [0.15, 0.2) is 36.4 Å². The van der Waals surface area contributed by atoms with Crippen LogP contribution in [0.3, 0.4) is 0 Å². The highest BCUT2D eigenvalue weighted by atomic mass is 32.1. The van der Waals surface area contributed by atoms with E-state index in [1.807, 2.05) is 0 Å². The number of benzene rings is 2. The number of carbonyl (C=O) groups is 1. The number of ether oxygens (including phenoxy) is 2. The van der Waals surface area contributed by atoms with E-state index in [1.54, 1.807) is 29.8 Å². The number of imidazole rings is 1. The number of carbonyl (C=O) groups excluding carboxylic acids is 1. The lowest BCUT2D eigenvalue weighted by molar-refractivity contribution is -0.274. The third kappa shape index (κ3) is 5.54. The van der Waals surface area contributed by atoms with Crippen molar-refractivity contribution < 1.29 is 31.8 Å². The monoisotopic (exact) mass is 497 g/mol. The summed E-state index contributed by atoms with van der Waals surface area (Å²) >= 11 is 1.15. The molecule has 0 spiro atoms. The first-order valence-electron chi connectivity index (χ1n) is 10.1. The van der Waals surface area contributed by atoms with Crippen LogP contribution in [0, 0.1) is 0 Å². The second kappa shape index (κ2) is 9.81. The number of hydrogen-bond donors (Lipinski definition) is 2. The molecule has 0 atom stereocenters. The Kier molecular flexibility index (Phi) is 6.84. The highest BCUT2D eigenvalue weighted by molar-refractivity contribution is 7.22. The van der Waals surface area contributed by atoms with Gasteiger partial charge in [-0.3, -0.25) is 4.79 Å². The van der Waals surface area contributed by atoms with Gasteiger partial charge < -0.3 is 24.7 Å². The molecule has 4 rings (SSSR count). The normalized spacial score (nSPS) is 11.8. The van der Waals surface area contributed by atoms with Crippen LogP contribution in [-0.2, 0) is 11.8 Å². The first-order chi connectivity index (χ1) is 16.2. The van der Waals surface area contributed by atoms with Gasteiger partial charge in [0.2, 0.25) is 5.95 Å². The van der Waals surface area contributed by atoms with Crippen molar-refractivity contribution in [3.05, 3.63) is 42.0 Å². The molecule has 8 nitrogen and oxygen atoms in total. The van der Waals surface area contributed by atoms with Crippen molar-refractivity contribution in [2.24, 2.45) is 7.05 Å². The summed E-state index contributed by atoms with van der Waals surface area (Å²) in [5.74, 6) is -0.190. The fourth-order valence-electron chi connectivity index (χ4n) is 3.20. The van der Waals surface area contributed by atoms with Crippen molar-refractivity contribution in [2.75, 3.05) is 31.7 Å². The average molecular weight is 497 g/mol. The predicted octanol–water partition coefficient (Wildman–Crippen LogP) is 4.54. The minimum Gasteiger partial charge on any atom is -0.406 e. The Labute approximate surface area is 194 Å². The minimum absolute atomic E-state index is 0.0112. The number of thiazole rings is 1. The standard InChI is InChI=1S/C21H19F4N5O3S/c1-30-16-5-2-12(18(31)26-7-9-32-8-6-22)10-15(16)27-19(30)29-20-28-14-4-3-13(11-17(14)34-20)33-21(23,24)25/h2-5,10-11H,6-9H2,1H3,(H,26,31)(H,27,28,29). The van der Waals surface area contributed by atoms with Gasteiger partial charge in [0.15, 0.2) is 5.13 Å². The van der Waals surface area contributed by atoms with Crippen LogP contribution >= 0.6 is 11.3 Å². The van der Waals surface area contributed by atoms with E-state index >= 15 is 0 Å². The number of nitrogens with zero attached hydrogens (tertiary/aromatic N) is 3. The molecule has 0 fully saturated rings. The van der Waals surface area contributed by atoms with Gasteiger partial charge in [0, 0.05) is 25.2 Å². The van der Waals surface area contributed by atoms with Crippen molar-refractivity contribution in [3.8, 4) is 5.75 Å². The van der Waals surface area contributed by atoms with Crippen molar-refractivity contribution in [1.82, 2.24) is 19.9 Å². The molecule has 2 aromatic carbocycles. The Morgan fingerprint density at radius 1 is 1.12 bits per heavy atom. The molecular formula is C21H19F4N5O3S. The number of anilines is 2. The number of aromatic nitrogens is 3. The molecule has 4 aromatic rings. The maximum absolute atomic E-state index is 12.5. The molecule has 13 heteroatoms. The number of hydrogen-bond acceptors (Lipinski definition) is 7. The summed E-state index contributed by atoms with van der Waals surface area (Å²) in [4.78, 5) is 21.2. The SMILES string of the molecule is Cn1c(Nc2nc3ccc(OC(F)(F)F)cc3s2)nc2cc(C(=O)NCCOCCF)ccc21. The molecule has 0 aliphatic carbocycles. The maximum atomic E-state index is 12.5. The van der Waals surface area contributed by atoms with Crippen LogP contribution in [0.2, 0.25) is 0 Å². The summed E-state index contributed by atoms with van der Waals surface area (Å²) in [6, 6.07) is 8.96. The molecule has 0 aliphatic rings. The fraction of sp³-hybridized carbons (Fsp3) is 0.286. The van der Waals surface area contributed by atoms with Crippen molar-refractivity contribution >= 4 is 49.6 Å². The third-order valence-electron chi connectivity index (χ3n) is 4.71. The zero-order valence-corrected chi connectivity index (χ0v) is 18.6. The van der Waals surface area contributed by atoms with Crippen LogP contribution in [0.4, 0.5) is 28.6 Å². The fourth-order valence-corrected chi connectivity index (χ4v) is 4.09. The first-order valence-corrected chi connectivity index (χ1v) is 10.9. The van der Waals surface area contributed by atoms with E-state index in [4.69, 9.17) is 4.74 Å². The van der Waals surface area contributed by atoms with E-state index in [0.717, 1.165) is 16.9 Å². The average Bonchev–Trinajstić information content (AvgIpc) is 3.32. The summed E-state index contributed by atoms with van der Waals surface area (Å²) in [7, 11) is 1.78. The molecular weight excluding hydrogens is 478 g/mol. The number of rotatable bonds is 9. The van der Waals surface area contributed by atoms with Crippen LogP contribution in [0.5, 0.6) is 5.75 Å². The van der Waals surface area contributed by atoms with Gasteiger partial charge in [0.25, 0.3) is 5.91 Å². The van der Waals surface area contributed by atoms with E-state index in [0.29, 0.717) is 32.4 Å². The summed E-state index contributed by atoms with van der Waals surface area (Å²) in [6.07, 6.45) is -4.77. The number of alkyl halides is 4. The number of amides is 1. The minimum atomic E-state index is -4.77. The van der Waals surface area contributed by atoms with Gasteiger partial charge >= 0.3 is 6.36 Å². The summed E-state index contributed by atoms with van der Waals surface area (Å²) < 4.78 is 60.6. The van der Waals surface area contributed by atoms with E-state index in [2.05, 4.69) is 25.3 Å². The largest absolute Gasteiger partial charge is 0.573 e. The molecule has 0 unspecified atom stereocenters. The molecule has 2 aromatic heterocycles. The van der Waals surface area contributed by atoms with Crippen LogP contribution in [-0.4, -0.2) is 53.2 Å². The summed E-state index contributed by atoms with van der Waals surface area (Å²) in [5, 5.41) is 6.20. The second-order valence-electron chi connectivity index (χ2n) is 7.08. The van der Waals surface area contributed by atoms with Gasteiger partial charge in [-0.1, -0.05) is 11.3 Å². The topological polar surface area (TPSA) is 90.3 Å². The van der Waals surface area contributed by atoms with Gasteiger partial charge in [-0.05, 0) is 30.3 Å². The molecule has 1 amide bonds. The maximum Gasteiger partial charge on any atom is 0.573 e. The molecule has 2 heterocycles. The Hall–Kier alpha value is -3.45. The predicted molar refractivity (Wildman–Crippen MR) is 119 cm³/mol. The molecule has 0 saturated heterocycles. The van der Waals surface area contributed by atoms with Crippen LogP contribution in [0.25, 0.3) is 21.3 Å². The Morgan fingerprint density at radius 2 is 1.94 bits per heavy atom. The number of halogens is 4. The van der Waals surface area contributed by atoms with Crippen molar-refractivity contribution in [1.29, 1.82) is 0 Å². The molecule has 0 aliphatic heterocycles. The lowest BCUT2D eigenvalue weighted by atomic mass is 10.2. The number of aryl methyl sites for hydroxylation is 1.